The second-order valence-electron chi connectivity index (χ2n) is 2.56. The van der Waals surface area contributed by atoms with Crippen LogP contribution in [0.5, 0.6) is 0 Å². The first-order valence-electron chi connectivity index (χ1n) is 3.74. The average Bonchev–Trinajstić information content (AvgIpc) is 2.23. The van der Waals surface area contributed by atoms with E-state index in [-0.39, 0.29) is 6.29 Å². The lowest BCUT2D eigenvalue weighted by atomic mass is 10.1. The molecule has 6 heteroatoms. The van der Waals surface area contributed by atoms with Crippen LogP contribution in [0.2, 0.25) is 0 Å². The number of benzene rings is 1. The Morgan fingerprint density at radius 2 is 1.93 bits per heavy atom. The molecule has 0 aliphatic heterocycles. The third-order valence-corrected chi connectivity index (χ3v) is 1.71. The van der Waals surface area contributed by atoms with Gasteiger partial charge < -0.3 is 4.74 Å². The summed E-state index contributed by atoms with van der Waals surface area (Å²) in [6.45, 7) is 0. The van der Waals surface area contributed by atoms with Gasteiger partial charge in [0, 0.05) is 0 Å². The molecular weight excluding hydrogens is 213 g/mol. The molecule has 1 rings (SSSR count). The van der Waals surface area contributed by atoms with Crippen molar-refractivity contribution < 1.29 is 27.5 Å². The molecule has 0 aliphatic carbocycles. The number of aldehydes is 1. The Balaban J connectivity index is 3.50. The second kappa shape index (κ2) is 4.12. The van der Waals surface area contributed by atoms with Crippen molar-refractivity contribution in [1.82, 2.24) is 0 Å². The maximum atomic E-state index is 13.2. The number of halogens is 3. The summed E-state index contributed by atoms with van der Waals surface area (Å²) in [5.74, 6) is -5.74. The summed E-state index contributed by atoms with van der Waals surface area (Å²) in [7, 11) is 0.948. The van der Waals surface area contributed by atoms with E-state index in [1.165, 1.54) is 0 Å². The molecule has 0 amide bonds. The Bertz CT molecular complexity index is 429. The number of ether oxygens (including phenoxy) is 1. The molecule has 15 heavy (non-hydrogen) atoms. The summed E-state index contributed by atoms with van der Waals surface area (Å²) in [5.41, 5.74) is -1.95. The molecule has 0 heterocycles. The largest absolute Gasteiger partial charge is 0.465 e. The van der Waals surface area contributed by atoms with Crippen LogP contribution in [0.15, 0.2) is 6.07 Å². The third-order valence-electron chi connectivity index (χ3n) is 1.71. The average molecular weight is 218 g/mol. The Kier molecular flexibility index (Phi) is 3.08. The minimum atomic E-state index is -1.63. The van der Waals surface area contributed by atoms with E-state index < -0.39 is 34.5 Å². The van der Waals surface area contributed by atoms with Crippen molar-refractivity contribution in [2.24, 2.45) is 0 Å². The van der Waals surface area contributed by atoms with Gasteiger partial charge in [0.25, 0.3) is 0 Å². The van der Waals surface area contributed by atoms with Gasteiger partial charge in [-0.05, 0) is 6.07 Å². The lowest BCUT2D eigenvalue weighted by Gasteiger charge is -2.04. The van der Waals surface area contributed by atoms with E-state index in [4.69, 9.17) is 0 Å². The van der Waals surface area contributed by atoms with Crippen molar-refractivity contribution in [2.75, 3.05) is 7.11 Å². The van der Waals surface area contributed by atoms with Gasteiger partial charge in [0.05, 0.1) is 18.2 Å². The van der Waals surface area contributed by atoms with Gasteiger partial charge in [0.1, 0.15) is 0 Å². The van der Waals surface area contributed by atoms with E-state index in [0.29, 0.717) is 6.07 Å². The Labute approximate surface area is 82.5 Å². The molecule has 0 spiro atoms. The molecule has 1 aromatic rings. The van der Waals surface area contributed by atoms with Crippen molar-refractivity contribution in [3.8, 4) is 0 Å². The highest BCUT2D eigenvalue weighted by Crippen LogP contribution is 2.19. The van der Waals surface area contributed by atoms with E-state index in [9.17, 15) is 22.8 Å². The van der Waals surface area contributed by atoms with Crippen molar-refractivity contribution in [3.05, 3.63) is 34.6 Å². The summed E-state index contributed by atoms with van der Waals surface area (Å²) in [6, 6.07) is 0.337. The lowest BCUT2D eigenvalue weighted by molar-refractivity contribution is 0.0594. The summed E-state index contributed by atoms with van der Waals surface area (Å²) >= 11 is 0. The molecule has 0 aliphatic rings. The molecule has 0 saturated heterocycles. The van der Waals surface area contributed by atoms with Crippen LogP contribution >= 0.6 is 0 Å². The fourth-order valence-corrected chi connectivity index (χ4v) is 0.985. The Morgan fingerprint density at radius 1 is 1.33 bits per heavy atom. The monoisotopic (exact) mass is 218 g/mol. The highest BCUT2D eigenvalue weighted by molar-refractivity contribution is 5.92. The van der Waals surface area contributed by atoms with Gasteiger partial charge >= 0.3 is 5.97 Å². The van der Waals surface area contributed by atoms with E-state index in [0.717, 1.165) is 7.11 Å². The number of esters is 1. The molecule has 0 atom stereocenters. The normalized spacial score (nSPS) is 9.87. The van der Waals surface area contributed by atoms with Crippen LogP contribution in [-0.4, -0.2) is 19.4 Å². The van der Waals surface area contributed by atoms with Gasteiger partial charge in [-0.3, -0.25) is 4.79 Å². The zero-order valence-corrected chi connectivity index (χ0v) is 7.51. The molecule has 3 nitrogen and oxygen atoms in total. The van der Waals surface area contributed by atoms with E-state index in [1.807, 2.05) is 0 Å². The number of carbonyl (C=O) groups is 2. The van der Waals surface area contributed by atoms with Crippen molar-refractivity contribution >= 4 is 12.3 Å². The molecule has 0 radical (unpaired) electrons. The van der Waals surface area contributed by atoms with Crippen molar-refractivity contribution in [3.63, 3.8) is 0 Å². The highest BCUT2D eigenvalue weighted by atomic mass is 19.2. The van der Waals surface area contributed by atoms with Gasteiger partial charge in [0.2, 0.25) is 0 Å². The van der Waals surface area contributed by atoms with Gasteiger partial charge in [-0.1, -0.05) is 0 Å². The molecule has 0 saturated carbocycles. The number of rotatable bonds is 2. The quantitative estimate of drug-likeness (QED) is 0.431. The standard InChI is InChI=1S/C9H5F3O3/c1-15-9(14)4-2-6(10)8(12)5(3-13)7(4)11/h2-3H,1H3. The van der Waals surface area contributed by atoms with Gasteiger partial charge in [0.15, 0.2) is 23.7 Å². The molecule has 80 valence electrons. The summed E-state index contributed by atoms with van der Waals surface area (Å²) in [4.78, 5) is 21.2. The summed E-state index contributed by atoms with van der Waals surface area (Å²) in [6.07, 6.45) is -0.208. The minimum Gasteiger partial charge on any atom is -0.465 e. The highest BCUT2D eigenvalue weighted by Gasteiger charge is 2.22. The first-order valence-corrected chi connectivity index (χ1v) is 3.74. The van der Waals surface area contributed by atoms with Gasteiger partial charge in [-0.15, -0.1) is 0 Å². The number of methoxy groups -OCH3 is 1. The van der Waals surface area contributed by atoms with E-state index in [1.54, 1.807) is 0 Å². The van der Waals surface area contributed by atoms with Crippen molar-refractivity contribution in [1.29, 1.82) is 0 Å². The van der Waals surface area contributed by atoms with Crippen LogP contribution in [0.1, 0.15) is 20.7 Å². The fourth-order valence-electron chi connectivity index (χ4n) is 0.985. The number of hydrogen-bond donors (Lipinski definition) is 0. The predicted octanol–water partition coefficient (Wildman–Crippen LogP) is 1.70. The second-order valence-corrected chi connectivity index (χ2v) is 2.56. The number of hydrogen-bond acceptors (Lipinski definition) is 3. The van der Waals surface area contributed by atoms with E-state index in [2.05, 4.69) is 4.74 Å². The molecule has 0 unspecified atom stereocenters. The van der Waals surface area contributed by atoms with Crippen molar-refractivity contribution in [2.45, 2.75) is 0 Å². The van der Waals surface area contributed by atoms with Crippen LogP contribution in [0.25, 0.3) is 0 Å². The lowest BCUT2D eigenvalue weighted by Crippen LogP contribution is -2.10. The van der Waals surface area contributed by atoms with Crippen LogP contribution in [0.4, 0.5) is 13.2 Å². The third kappa shape index (κ3) is 1.83. The Morgan fingerprint density at radius 3 is 2.40 bits per heavy atom. The Hall–Kier alpha value is -1.85. The van der Waals surface area contributed by atoms with Gasteiger partial charge in [-0.25, -0.2) is 18.0 Å². The maximum Gasteiger partial charge on any atom is 0.340 e. The maximum absolute atomic E-state index is 13.2. The molecule has 1 aromatic carbocycles. The first-order chi connectivity index (χ1) is 7.02. The summed E-state index contributed by atoms with van der Waals surface area (Å²) < 4.78 is 42.9. The molecular formula is C9H5F3O3. The molecule has 0 bridgehead atoms. The molecule has 0 aromatic heterocycles. The van der Waals surface area contributed by atoms with Crippen LogP contribution in [0, 0.1) is 17.5 Å². The van der Waals surface area contributed by atoms with E-state index >= 15 is 0 Å². The fraction of sp³-hybridized carbons (Fsp3) is 0.111. The van der Waals surface area contributed by atoms with Crippen LogP contribution in [-0.2, 0) is 4.74 Å². The smallest absolute Gasteiger partial charge is 0.340 e. The zero-order valence-electron chi connectivity index (χ0n) is 7.51. The van der Waals surface area contributed by atoms with Gasteiger partial charge in [-0.2, -0.15) is 0 Å². The minimum absolute atomic E-state index is 0.208. The SMILES string of the molecule is COC(=O)c1cc(F)c(F)c(C=O)c1F. The van der Waals surface area contributed by atoms with Crippen LogP contribution in [0.3, 0.4) is 0 Å². The zero-order chi connectivity index (χ0) is 11.6. The molecule has 0 N–H and O–H groups in total. The first kappa shape index (κ1) is 11.2. The summed E-state index contributed by atoms with van der Waals surface area (Å²) in [5, 5.41) is 0. The number of carbonyl (C=O) groups excluding carboxylic acids is 2. The van der Waals surface area contributed by atoms with Crippen LogP contribution < -0.4 is 0 Å². The molecule has 0 fully saturated rings. The topological polar surface area (TPSA) is 43.4 Å². The predicted molar refractivity (Wildman–Crippen MR) is 43.0 cm³/mol.